The van der Waals surface area contributed by atoms with Gasteiger partial charge in [-0.3, -0.25) is 9.48 Å². The Bertz CT molecular complexity index is 706. The Kier molecular flexibility index (Phi) is 3.93. The van der Waals surface area contributed by atoms with Gasteiger partial charge in [-0.05, 0) is 38.1 Å². The molecule has 0 aliphatic heterocycles. The minimum atomic E-state index is -1.27. The van der Waals surface area contributed by atoms with E-state index in [9.17, 15) is 14.7 Å². The zero-order valence-corrected chi connectivity index (χ0v) is 11.6. The molecule has 0 bridgehead atoms. The second kappa shape index (κ2) is 5.66. The third kappa shape index (κ3) is 3.02. The Labute approximate surface area is 120 Å². The lowest BCUT2D eigenvalue weighted by molar-refractivity contribution is 0.0693. The van der Waals surface area contributed by atoms with Gasteiger partial charge in [0.2, 0.25) is 0 Å². The molecule has 1 heterocycles. The normalized spacial score (nSPS) is 10.4. The van der Waals surface area contributed by atoms with Gasteiger partial charge in [0.15, 0.2) is 0 Å². The second-order valence-electron chi connectivity index (χ2n) is 4.48. The lowest BCUT2D eigenvalue weighted by atomic mass is 10.1. The number of carboxylic acids is 1. The van der Waals surface area contributed by atoms with E-state index in [1.807, 2.05) is 6.92 Å². The van der Waals surface area contributed by atoms with Gasteiger partial charge in [-0.1, -0.05) is 0 Å². The number of nitrogens with zero attached hydrogens (tertiary/aromatic N) is 2. The van der Waals surface area contributed by atoms with Crippen molar-refractivity contribution >= 4 is 17.6 Å². The summed E-state index contributed by atoms with van der Waals surface area (Å²) in [6.07, 6.45) is 0. The van der Waals surface area contributed by atoms with Crippen molar-refractivity contribution < 1.29 is 19.8 Å². The number of aromatic nitrogens is 2. The van der Waals surface area contributed by atoms with Gasteiger partial charge >= 0.3 is 5.97 Å². The molecule has 3 N–H and O–H groups in total. The van der Waals surface area contributed by atoms with Gasteiger partial charge in [0.1, 0.15) is 17.0 Å². The molecular formula is C14H15N3O4. The highest BCUT2D eigenvalue weighted by molar-refractivity contribution is 6.04. The molecule has 0 unspecified atom stereocenters. The summed E-state index contributed by atoms with van der Waals surface area (Å²) in [6, 6.07) is 5.51. The SMILES string of the molecule is CCn1nc(C)cc1C(=O)Nc1ccc(O)c(C(=O)O)c1. The van der Waals surface area contributed by atoms with Crippen molar-refractivity contribution in [2.75, 3.05) is 5.32 Å². The fraction of sp³-hybridized carbons (Fsp3) is 0.214. The summed E-state index contributed by atoms with van der Waals surface area (Å²) in [6.45, 7) is 4.20. The van der Waals surface area contributed by atoms with Gasteiger partial charge in [-0.25, -0.2) is 4.79 Å². The molecule has 1 amide bonds. The van der Waals surface area contributed by atoms with Gasteiger partial charge in [0.25, 0.3) is 5.91 Å². The number of hydrogen-bond acceptors (Lipinski definition) is 4. The third-order valence-electron chi connectivity index (χ3n) is 2.92. The van der Waals surface area contributed by atoms with Crippen LogP contribution in [-0.4, -0.2) is 31.9 Å². The quantitative estimate of drug-likeness (QED) is 0.745. The predicted molar refractivity (Wildman–Crippen MR) is 75.7 cm³/mol. The lowest BCUT2D eigenvalue weighted by Gasteiger charge is -2.08. The highest BCUT2D eigenvalue weighted by atomic mass is 16.4. The van der Waals surface area contributed by atoms with Crippen LogP contribution in [0, 0.1) is 6.92 Å². The highest BCUT2D eigenvalue weighted by Gasteiger charge is 2.15. The number of phenols is 1. The lowest BCUT2D eigenvalue weighted by Crippen LogP contribution is -2.17. The van der Waals surface area contributed by atoms with Crippen molar-refractivity contribution in [2.24, 2.45) is 0 Å². The number of benzene rings is 1. The zero-order valence-electron chi connectivity index (χ0n) is 11.6. The number of rotatable bonds is 4. The summed E-state index contributed by atoms with van der Waals surface area (Å²) in [5.74, 6) is -2.01. The van der Waals surface area contributed by atoms with Crippen molar-refractivity contribution in [1.29, 1.82) is 0 Å². The van der Waals surface area contributed by atoms with Crippen LogP contribution in [0.25, 0.3) is 0 Å². The van der Waals surface area contributed by atoms with Crippen LogP contribution in [0.4, 0.5) is 5.69 Å². The number of aromatic hydroxyl groups is 1. The molecule has 0 radical (unpaired) electrons. The highest BCUT2D eigenvalue weighted by Crippen LogP contribution is 2.22. The van der Waals surface area contributed by atoms with E-state index < -0.39 is 5.97 Å². The minimum absolute atomic E-state index is 0.270. The number of carbonyl (C=O) groups is 2. The molecule has 7 nitrogen and oxygen atoms in total. The molecule has 0 saturated carbocycles. The van der Waals surface area contributed by atoms with Crippen LogP contribution in [0.2, 0.25) is 0 Å². The molecule has 0 aliphatic rings. The molecule has 0 aliphatic carbocycles. The van der Waals surface area contributed by atoms with Gasteiger partial charge in [-0.15, -0.1) is 0 Å². The maximum Gasteiger partial charge on any atom is 0.339 e. The van der Waals surface area contributed by atoms with Gasteiger partial charge in [0, 0.05) is 12.2 Å². The van der Waals surface area contributed by atoms with Crippen LogP contribution in [0.3, 0.4) is 0 Å². The van der Waals surface area contributed by atoms with E-state index >= 15 is 0 Å². The molecule has 110 valence electrons. The number of amides is 1. The first-order valence-corrected chi connectivity index (χ1v) is 6.34. The first kappa shape index (κ1) is 14.6. The fourth-order valence-corrected chi connectivity index (χ4v) is 1.95. The van der Waals surface area contributed by atoms with Crippen LogP contribution in [-0.2, 0) is 6.54 Å². The molecule has 0 fully saturated rings. The van der Waals surface area contributed by atoms with Gasteiger partial charge in [-0.2, -0.15) is 5.10 Å². The average Bonchev–Trinajstić information content (AvgIpc) is 2.82. The van der Waals surface area contributed by atoms with Crippen molar-refractivity contribution in [3.05, 3.63) is 41.2 Å². The Morgan fingerprint density at radius 2 is 2.05 bits per heavy atom. The summed E-state index contributed by atoms with van der Waals surface area (Å²) in [7, 11) is 0. The van der Waals surface area contributed by atoms with E-state index in [4.69, 9.17) is 5.11 Å². The van der Waals surface area contributed by atoms with Crippen LogP contribution in [0.1, 0.15) is 33.5 Å². The zero-order chi connectivity index (χ0) is 15.6. The number of aryl methyl sites for hydroxylation is 2. The summed E-state index contributed by atoms with van der Waals surface area (Å²) in [5.41, 5.74) is 1.13. The van der Waals surface area contributed by atoms with Gasteiger partial charge in [0.05, 0.1) is 5.69 Å². The first-order chi connectivity index (χ1) is 9.92. The Morgan fingerprint density at radius 1 is 1.33 bits per heavy atom. The van der Waals surface area contributed by atoms with E-state index in [2.05, 4.69) is 10.4 Å². The first-order valence-electron chi connectivity index (χ1n) is 6.34. The standard InChI is InChI=1S/C14H15N3O4/c1-3-17-11(6-8(2)16-17)13(19)15-9-4-5-12(18)10(7-9)14(20)21/h4-7,18H,3H2,1-2H3,(H,15,19)(H,20,21). The van der Waals surface area contributed by atoms with E-state index in [1.165, 1.54) is 18.2 Å². The van der Waals surface area contributed by atoms with E-state index in [1.54, 1.807) is 17.7 Å². The van der Waals surface area contributed by atoms with Crippen LogP contribution < -0.4 is 5.32 Å². The topological polar surface area (TPSA) is 104 Å². The molecule has 0 spiro atoms. The largest absolute Gasteiger partial charge is 0.507 e. The monoisotopic (exact) mass is 289 g/mol. The predicted octanol–water partition coefficient (Wildman–Crippen LogP) is 1.87. The van der Waals surface area contributed by atoms with Crippen molar-refractivity contribution in [2.45, 2.75) is 20.4 Å². The molecule has 0 atom stereocenters. The van der Waals surface area contributed by atoms with E-state index in [-0.39, 0.29) is 22.9 Å². The number of hydrogen-bond donors (Lipinski definition) is 3. The summed E-state index contributed by atoms with van der Waals surface area (Å²) in [4.78, 5) is 23.1. The van der Waals surface area contributed by atoms with E-state index in [0.717, 1.165) is 5.69 Å². The van der Waals surface area contributed by atoms with Gasteiger partial charge < -0.3 is 15.5 Å². The second-order valence-corrected chi connectivity index (χ2v) is 4.48. The van der Waals surface area contributed by atoms with Crippen molar-refractivity contribution in [3.63, 3.8) is 0 Å². The molecule has 1 aromatic heterocycles. The average molecular weight is 289 g/mol. The Balaban J connectivity index is 2.27. The van der Waals surface area contributed by atoms with Crippen LogP contribution in [0.15, 0.2) is 24.3 Å². The molecular weight excluding hydrogens is 274 g/mol. The molecule has 21 heavy (non-hydrogen) atoms. The summed E-state index contributed by atoms with van der Waals surface area (Å²) < 4.78 is 1.56. The molecule has 0 saturated heterocycles. The minimum Gasteiger partial charge on any atom is -0.507 e. The van der Waals surface area contributed by atoms with E-state index in [0.29, 0.717) is 12.2 Å². The smallest absolute Gasteiger partial charge is 0.339 e. The molecule has 2 aromatic rings. The molecule has 2 rings (SSSR count). The van der Waals surface area contributed by atoms with Crippen LogP contribution >= 0.6 is 0 Å². The maximum absolute atomic E-state index is 12.2. The number of carboxylic acid groups (broad SMARTS) is 1. The number of nitrogens with one attached hydrogen (secondary N) is 1. The molecule has 1 aromatic carbocycles. The van der Waals surface area contributed by atoms with Crippen LogP contribution in [0.5, 0.6) is 5.75 Å². The van der Waals surface area contributed by atoms with Crippen molar-refractivity contribution in [3.8, 4) is 5.75 Å². The fourth-order valence-electron chi connectivity index (χ4n) is 1.95. The number of aromatic carboxylic acids is 1. The molecule has 7 heteroatoms. The Hall–Kier alpha value is -2.83. The third-order valence-corrected chi connectivity index (χ3v) is 2.92. The maximum atomic E-state index is 12.2. The summed E-state index contributed by atoms with van der Waals surface area (Å²) in [5, 5.41) is 25.1. The Morgan fingerprint density at radius 3 is 2.67 bits per heavy atom. The number of carbonyl (C=O) groups excluding carboxylic acids is 1. The summed E-state index contributed by atoms with van der Waals surface area (Å²) >= 11 is 0. The van der Waals surface area contributed by atoms with Crippen molar-refractivity contribution in [1.82, 2.24) is 9.78 Å². The number of anilines is 1.